The third-order valence-corrected chi connectivity index (χ3v) is 2.44. The van der Waals surface area contributed by atoms with Crippen LogP contribution in [-0.2, 0) is 0 Å². The van der Waals surface area contributed by atoms with Gasteiger partial charge in [-0.25, -0.2) is 8.78 Å². The molecule has 1 aliphatic rings. The topological polar surface area (TPSA) is 29.1 Å². The lowest BCUT2D eigenvalue weighted by atomic mass is 10.2. The van der Waals surface area contributed by atoms with E-state index in [0.717, 1.165) is 18.9 Å². The molecule has 1 aliphatic carbocycles. The van der Waals surface area contributed by atoms with Crippen LogP contribution >= 0.6 is 0 Å². The monoisotopic (exact) mass is 211 g/mol. The van der Waals surface area contributed by atoms with Gasteiger partial charge in [0.05, 0.1) is 5.56 Å². The second-order valence-corrected chi connectivity index (χ2v) is 3.75. The van der Waals surface area contributed by atoms with Crippen LogP contribution in [0, 0.1) is 17.6 Å². The van der Waals surface area contributed by atoms with E-state index in [1.807, 2.05) is 0 Å². The third-order valence-electron chi connectivity index (χ3n) is 2.44. The highest BCUT2D eigenvalue weighted by molar-refractivity contribution is 5.94. The molecule has 0 unspecified atom stereocenters. The minimum atomic E-state index is -1.08. The van der Waals surface area contributed by atoms with Crippen LogP contribution in [0.1, 0.15) is 23.2 Å². The summed E-state index contributed by atoms with van der Waals surface area (Å²) < 4.78 is 26.0. The summed E-state index contributed by atoms with van der Waals surface area (Å²) >= 11 is 0. The lowest BCUT2D eigenvalue weighted by molar-refractivity contribution is 0.0946. The molecule has 15 heavy (non-hydrogen) atoms. The molecule has 1 aromatic rings. The van der Waals surface area contributed by atoms with Gasteiger partial charge in [-0.15, -0.1) is 0 Å². The molecular weight excluding hydrogens is 200 g/mol. The SMILES string of the molecule is O=C(NCC1CC1)c1cccc(F)c1F. The Labute approximate surface area is 86.3 Å². The van der Waals surface area contributed by atoms with E-state index in [1.54, 1.807) is 0 Å². The first-order valence-corrected chi connectivity index (χ1v) is 4.90. The minimum Gasteiger partial charge on any atom is -0.352 e. The van der Waals surface area contributed by atoms with E-state index in [1.165, 1.54) is 12.1 Å². The molecule has 0 radical (unpaired) electrons. The second kappa shape index (κ2) is 3.96. The zero-order valence-electron chi connectivity index (χ0n) is 8.09. The lowest BCUT2D eigenvalue weighted by Crippen LogP contribution is -2.26. The van der Waals surface area contributed by atoms with E-state index in [9.17, 15) is 13.6 Å². The van der Waals surface area contributed by atoms with Crippen LogP contribution < -0.4 is 5.32 Å². The normalized spacial score (nSPS) is 15.1. The maximum atomic E-state index is 13.2. The summed E-state index contributed by atoms with van der Waals surface area (Å²) in [6.07, 6.45) is 2.21. The molecule has 1 aromatic carbocycles. The smallest absolute Gasteiger partial charge is 0.254 e. The van der Waals surface area contributed by atoms with Crippen LogP contribution in [0.4, 0.5) is 8.78 Å². The first kappa shape index (κ1) is 10.1. The molecule has 2 nitrogen and oxygen atoms in total. The van der Waals surface area contributed by atoms with Crippen molar-refractivity contribution in [1.29, 1.82) is 0 Å². The highest BCUT2D eigenvalue weighted by Gasteiger charge is 2.23. The van der Waals surface area contributed by atoms with E-state index >= 15 is 0 Å². The van der Waals surface area contributed by atoms with Crippen molar-refractivity contribution in [3.63, 3.8) is 0 Å². The number of nitrogens with one attached hydrogen (secondary N) is 1. The Morgan fingerprint density at radius 2 is 2.13 bits per heavy atom. The quantitative estimate of drug-likeness (QED) is 0.815. The molecule has 1 saturated carbocycles. The average Bonchev–Trinajstić information content (AvgIpc) is 3.02. The van der Waals surface area contributed by atoms with Gasteiger partial charge in [0, 0.05) is 6.54 Å². The Morgan fingerprint density at radius 3 is 2.80 bits per heavy atom. The summed E-state index contributed by atoms with van der Waals surface area (Å²) in [5.74, 6) is -2.09. The molecule has 1 N–H and O–H groups in total. The highest BCUT2D eigenvalue weighted by Crippen LogP contribution is 2.27. The predicted octanol–water partition coefficient (Wildman–Crippen LogP) is 2.10. The van der Waals surface area contributed by atoms with Crippen LogP contribution in [0.25, 0.3) is 0 Å². The van der Waals surface area contributed by atoms with Gasteiger partial charge in [0.25, 0.3) is 5.91 Å². The van der Waals surface area contributed by atoms with Crippen LogP contribution in [0.3, 0.4) is 0 Å². The van der Waals surface area contributed by atoms with Crippen molar-refractivity contribution in [1.82, 2.24) is 5.32 Å². The maximum absolute atomic E-state index is 13.2. The van der Waals surface area contributed by atoms with Crippen molar-refractivity contribution in [2.75, 3.05) is 6.54 Å². The van der Waals surface area contributed by atoms with Crippen LogP contribution in [0.5, 0.6) is 0 Å². The van der Waals surface area contributed by atoms with Crippen molar-refractivity contribution in [2.24, 2.45) is 5.92 Å². The molecule has 2 rings (SSSR count). The molecule has 0 atom stereocenters. The van der Waals surface area contributed by atoms with Gasteiger partial charge < -0.3 is 5.32 Å². The highest BCUT2D eigenvalue weighted by atomic mass is 19.2. The fourth-order valence-corrected chi connectivity index (χ4v) is 1.33. The van der Waals surface area contributed by atoms with Crippen LogP contribution in [0.15, 0.2) is 18.2 Å². The molecule has 0 spiro atoms. The van der Waals surface area contributed by atoms with Gasteiger partial charge in [0.15, 0.2) is 11.6 Å². The fraction of sp³-hybridized carbons (Fsp3) is 0.364. The molecule has 0 aliphatic heterocycles. The van der Waals surface area contributed by atoms with Crippen LogP contribution in [-0.4, -0.2) is 12.5 Å². The number of hydrogen-bond acceptors (Lipinski definition) is 1. The summed E-state index contributed by atoms with van der Waals surface area (Å²) in [5.41, 5.74) is -0.226. The fourth-order valence-electron chi connectivity index (χ4n) is 1.33. The summed E-state index contributed by atoms with van der Waals surface area (Å²) in [4.78, 5) is 11.4. The number of carbonyl (C=O) groups is 1. The van der Waals surface area contributed by atoms with E-state index in [2.05, 4.69) is 5.32 Å². The van der Waals surface area contributed by atoms with Gasteiger partial charge in [-0.05, 0) is 30.9 Å². The van der Waals surface area contributed by atoms with Gasteiger partial charge in [0.2, 0.25) is 0 Å². The van der Waals surface area contributed by atoms with Crippen molar-refractivity contribution in [2.45, 2.75) is 12.8 Å². The summed E-state index contributed by atoms with van der Waals surface area (Å²) in [6.45, 7) is 0.550. The molecule has 0 heterocycles. The van der Waals surface area contributed by atoms with Gasteiger partial charge in [-0.1, -0.05) is 6.07 Å². The standard InChI is InChI=1S/C11H11F2NO/c12-9-3-1-2-8(10(9)13)11(15)14-6-7-4-5-7/h1-3,7H,4-6H2,(H,14,15). The Balaban J connectivity index is 2.06. The minimum absolute atomic E-state index is 0.226. The maximum Gasteiger partial charge on any atom is 0.254 e. The van der Waals surface area contributed by atoms with Crippen molar-refractivity contribution in [3.05, 3.63) is 35.4 Å². The third kappa shape index (κ3) is 2.32. The summed E-state index contributed by atoms with van der Waals surface area (Å²) in [5, 5.41) is 2.58. The number of halogens is 2. The number of hydrogen-bond donors (Lipinski definition) is 1. The zero-order chi connectivity index (χ0) is 10.8. The largest absolute Gasteiger partial charge is 0.352 e. The molecule has 80 valence electrons. The number of rotatable bonds is 3. The number of carbonyl (C=O) groups excluding carboxylic acids is 1. The van der Waals surface area contributed by atoms with Gasteiger partial charge >= 0.3 is 0 Å². The molecule has 1 amide bonds. The van der Waals surface area contributed by atoms with Crippen LogP contribution in [0.2, 0.25) is 0 Å². The Kier molecular flexibility index (Phi) is 2.66. The predicted molar refractivity (Wildman–Crippen MR) is 51.4 cm³/mol. The summed E-state index contributed by atoms with van der Waals surface area (Å²) in [6, 6.07) is 3.60. The molecule has 0 aromatic heterocycles. The van der Waals surface area contributed by atoms with Gasteiger partial charge in [-0.3, -0.25) is 4.79 Å². The Bertz CT molecular complexity index is 388. The van der Waals surface area contributed by atoms with Gasteiger partial charge in [0.1, 0.15) is 0 Å². The van der Waals surface area contributed by atoms with E-state index in [4.69, 9.17) is 0 Å². The van der Waals surface area contributed by atoms with E-state index in [-0.39, 0.29) is 5.56 Å². The first-order chi connectivity index (χ1) is 7.18. The molecule has 0 bridgehead atoms. The van der Waals surface area contributed by atoms with E-state index in [0.29, 0.717) is 12.5 Å². The second-order valence-electron chi connectivity index (χ2n) is 3.75. The average molecular weight is 211 g/mol. The van der Waals surface area contributed by atoms with Crippen molar-refractivity contribution < 1.29 is 13.6 Å². The Hall–Kier alpha value is -1.45. The van der Waals surface area contributed by atoms with Crippen molar-refractivity contribution >= 4 is 5.91 Å². The van der Waals surface area contributed by atoms with Crippen molar-refractivity contribution in [3.8, 4) is 0 Å². The van der Waals surface area contributed by atoms with Gasteiger partial charge in [-0.2, -0.15) is 0 Å². The molecule has 1 fully saturated rings. The number of amides is 1. The molecule has 4 heteroatoms. The zero-order valence-corrected chi connectivity index (χ0v) is 8.09. The molecular formula is C11H11F2NO. The lowest BCUT2D eigenvalue weighted by Gasteiger charge is -2.05. The number of benzene rings is 1. The Morgan fingerprint density at radius 1 is 1.40 bits per heavy atom. The van der Waals surface area contributed by atoms with E-state index < -0.39 is 17.5 Å². The summed E-state index contributed by atoms with van der Waals surface area (Å²) in [7, 11) is 0. The first-order valence-electron chi connectivity index (χ1n) is 4.90. The molecule has 0 saturated heterocycles.